The fraction of sp³-hybridized carbons (Fsp3) is 0.909. The molecule has 15 heavy (non-hydrogen) atoms. The maximum Gasteiger partial charge on any atom is 0.221 e. The molecule has 0 aromatic rings. The summed E-state index contributed by atoms with van der Waals surface area (Å²) < 4.78 is 0. The lowest BCUT2D eigenvalue weighted by Gasteiger charge is -2.24. The third-order valence-corrected chi connectivity index (χ3v) is 3.22. The van der Waals surface area contributed by atoms with Crippen molar-refractivity contribution in [1.82, 2.24) is 16.0 Å². The lowest BCUT2D eigenvalue weighted by atomic mass is 10.0. The highest BCUT2D eigenvalue weighted by Crippen LogP contribution is 2.18. The van der Waals surface area contributed by atoms with E-state index in [0.717, 1.165) is 26.1 Å². The molecule has 4 heteroatoms. The molecule has 1 unspecified atom stereocenters. The summed E-state index contributed by atoms with van der Waals surface area (Å²) in [5, 5.41) is 9.79. The molecule has 1 saturated heterocycles. The monoisotopic (exact) mass is 211 g/mol. The smallest absolute Gasteiger partial charge is 0.221 e. The second kappa shape index (κ2) is 4.49. The Balaban J connectivity index is 1.58. The van der Waals surface area contributed by atoms with Crippen LogP contribution in [0.15, 0.2) is 0 Å². The molecule has 0 spiro atoms. The zero-order valence-corrected chi connectivity index (χ0v) is 9.44. The molecule has 0 aromatic heterocycles. The lowest BCUT2D eigenvalue weighted by Crippen LogP contribution is -2.45. The van der Waals surface area contributed by atoms with E-state index in [9.17, 15) is 4.79 Å². The molecule has 4 nitrogen and oxygen atoms in total. The van der Waals surface area contributed by atoms with Crippen LogP contribution in [0.5, 0.6) is 0 Å². The number of amides is 1. The first kappa shape index (κ1) is 10.9. The van der Waals surface area contributed by atoms with Gasteiger partial charge >= 0.3 is 0 Å². The average Bonchev–Trinajstić information content (AvgIpc) is 2.88. The minimum Gasteiger partial charge on any atom is -0.353 e. The van der Waals surface area contributed by atoms with E-state index in [2.05, 4.69) is 22.9 Å². The number of nitrogens with one attached hydrogen (secondary N) is 3. The van der Waals surface area contributed by atoms with Crippen molar-refractivity contribution in [3.63, 3.8) is 0 Å². The van der Waals surface area contributed by atoms with Gasteiger partial charge in [-0.3, -0.25) is 4.79 Å². The third kappa shape index (κ3) is 3.47. The first-order valence-electron chi connectivity index (χ1n) is 5.93. The van der Waals surface area contributed by atoms with Gasteiger partial charge in [0.25, 0.3) is 0 Å². The van der Waals surface area contributed by atoms with Gasteiger partial charge in [0.15, 0.2) is 0 Å². The van der Waals surface area contributed by atoms with Crippen molar-refractivity contribution in [2.24, 2.45) is 0 Å². The van der Waals surface area contributed by atoms with E-state index in [-0.39, 0.29) is 11.4 Å². The van der Waals surface area contributed by atoms with Gasteiger partial charge in [0.1, 0.15) is 0 Å². The highest BCUT2D eigenvalue weighted by molar-refractivity contribution is 5.76. The molecule has 86 valence electrons. The van der Waals surface area contributed by atoms with Crippen molar-refractivity contribution in [3.8, 4) is 0 Å². The van der Waals surface area contributed by atoms with Gasteiger partial charge in [0.2, 0.25) is 5.91 Å². The van der Waals surface area contributed by atoms with E-state index in [4.69, 9.17) is 0 Å². The Labute approximate surface area is 91.2 Å². The van der Waals surface area contributed by atoms with Gasteiger partial charge in [0, 0.05) is 31.1 Å². The van der Waals surface area contributed by atoms with Gasteiger partial charge < -0.3 is 16.0 Å². The van der Waals surface area contributed by atoms with E-state index < -0.39 is 0 Å². The summed E-state index contributed by atoms with van der Waals surface area (Å²) in [7, 11) is 0. The number of hydrogen-bond donors (Lipinski definition) is 3. The number of rotatable bonds is 5. The van der Waals surface area contributed by atoms with Crippen LogP contribution in [0.4, 0.5) is 0 Å². The summed E-state index contributed by atoms with van der Waals surface area (Å²) in [4.78, 5) is 11.4. The molecule has 2 aliphatic rings. The Bertz CT molecular complexity index is 232. The lowest BCUT2D eigenvalue weighted by molar-refractivity contribution is -0.121. The summed E-state index contributed by atoms with van der Waals surface area (Å²) in [5.74, 6) is 0.194. The minimum absolute atomic E-state index is 0.194. The van der Waals surface area contributed by atoms with Gasteiger partial charge in [-0.1, -0.05) is 0 Å². The van der Waals surface area contributed by atoms with E-state index in [1.807, 2.05) is 0 Å². The van der Waals surface area contributed by atoms with Gasteiger partial charge in [-0.2, -0.15) is 0 Å². The first-order valence-corrected chi connectivity index (χ1v) is 5.93. The minimum atomic E-state index is 0.194. The molecule has 2 rings (SSSR count). The van der Waals surface area contributed by atoms with E-state index in [1.165, 1.54) is 12.8 Å². The molecular weight excluding hydrogens is 190 g/mol. The average molecular weight is 211 g/mol. The Morgan fingerprint density at radius 1 is 1.53 bits per heavy atom. The topological polar surface area (TPSA) is 53.2 Å². The van der Waals surface area contributed by atoms with E-state index >= 15 is 0 Å². The molecule has 0 aromatic carbocycles. The second-order valence-corrected chi connectivity index (χ2v) is 5.01. The van der Waals surface area contributed by atoms with Gasteiger partial charge in [0.05, 0.1) is 0 Å². The van der Waals surface area contributed by atoms with Crippen molar-refractivity contribution in [2.75, 3.05) is 19.6 Å². The molecule has 0 bridgehead atoms. The highest BCUT2D eigenvalue weighted by Gasteiger charge is 2.28. The van der Waals surface area contributed by atoms with Crippen LogP contribution in [0, 0.1) is 0 Å². The van der Waals surface area contributed by atoms with E-state index in [0.29, 0.717) is 12.5 Å². The predicted octanol–water partition coefficient (Wildman–Crippen LogP) is -0.00330. The van der Waals surface area contributed by atoms with Crippen LogP contribution >= 0.6 is 0 Å². The van der Waals surface area contributed by atoms with Crippen molar-refractivity contribution < 1.29 is 4.79 Å². The molecule has 0 radical (unpaired) electrons. The predicted molar refractivity (Wildman–Crippen MR) is 59.7 cm³/mol. The molecule has 1 amide bonds. The molecule has 3 N–H and O–H groups in total. The number of hydrogen-bond acceptors (Lipinski definition) is 3. The summed E-state index contributed by atoms with van der Waals surface area (Å²) in [5.41, 5.74) is 0.194. The molecule has 2 fully saturated rings. The summed E-state index contributed by atoms with van der Waals surface area (Å²) in [6.45, 7) is 5.09. The van der Waals surface area contributed by atoms with E-state index in [1.54, 1.807) is 0 Å². The molecule has 1 aliphatic heterocycles. The van der Waals surface area contributed by atoms with Gasteiger partial charge in [-0.25, -0.2) is 0 Å². The van der Waals surface area contributed by atoms with Crippen LogP contribution in [0.3, 0.4) is 0 Å². The first-order chi connectivity index (χ1) is 7.18. The Morgan fingerprint density at radius 3 is 2.93 bits per heavy atom. The van der Waals surface area contributed by atoms with Crippen LogP contribution in [0.25, 0.3) is 0 Å². The largest absolute Gasteiger partial charge is 0.353 e. The molecule has 1 heterocycles. The van der Waals surface area contributed by atoms with Crippen LogP contribution < -0.4 is 16.0 Å². The van der Waals surface area contributed by atoms with Crippen LogP contribution in [0.2, 0.25) is 0 Å². The summed E-state index contributed by atoms with van der Waals surface area (Å²) in [6.07, 6.45) is 4.09. The molecule has 1 saturated carbocycles. The van der Waals surface area contributed by atoms with Gasteiger partial charge in [-0.15, -0.1) is 0 Å². The quantitative estimate of drug-likeness (QED) is 0.600. The zero-order chi connectivity index (χ0) is 10.7. The maximum absolute atomic E-state index is 11.4. The summed E-state index contributed by atoms with van der Waals surface area (Å²) >= 11 is 0. The fourth-order valence-corrected chi connectivity index (χ4v) is 1.97. The molecule has 1 aliphatic carbocycles. The summed E-state index contributed by atoms with van der Waals surface area (Å²) in [6, 6.07) is 0.487. The van der Waals surface area contributed by atoms with Crippen LogP contribution in [-0.4, -0.2) is 37.1 Å². The molecular formula is C11H21N3O. The van der Waals surface area contributed by atoms with Crippen molar-refractivity contribution in [3.05, 3.63) is 0 Å². The SMILES string of the molecule is CC1(NCCC(=O)NC2CC2)CCNC1. The van der Waals surface area contributed by atoms with Crippen molar-refractivity contribution >= 4 is 5.91 Å². The maximum atomic E-state index is 11.4. The highest BCUT2D eigenvalue weighted by atomic mass is 16.1. The Kier molecular flexibility index (Phi) is 3.26. The van der Waals surface area contributed by atoms with Gasteiger partial charge in [-0.05, 0) is 32.7 Å². The standard InChI is InChI=1S/C11H21N3O/c1-11(5-7-12-8-11)13-6-4-10(15)14-9-2-3-9/h9,12-13H,2-8H2,1H3,(H,14,15). The van der Waals surface area contributed by atoms with Crippen LogP contribution in [-0.2, 0) is 4.79 Å². The second-order valence-electron chi connectivity index (χ2n) is 5.01. The third-order valence-electron chi connectivity index (χ3n) is 3.22. The Morgan fingerprint density at radius 2 is 2.33 bits per heavy atom. The number of carbonyl (C=O) groups is 1. The zero-order valence-electron chi connectivity index (χ0n) is 9.44. The normalized spacial score (nSPS) is 30.5. The van der Waals surface area contributed by atoms with Crippen molar-refractivity contribution in [2.45, 2.75) is 44.2 Å². The Hall–Kier alpha value is -0.610. The van der Waals surface area contributed by atoms with Crippen LogP contribution in [0.1, 0.15) is 32.6 Å². The number of carbonyl (C=O) groups excluding carboxylic acids is 1. The van der Waals surface area contributed by atoms with Crippen molar-refractivity contribution in [1.29, 1.82) is 0 Å². The molecule has 1 atom stereocenters. The fourth-order valence-electron chi connectivity index (χ4n) is 1.97.